The van der Waals surface area contributed by atoms with Gasteiger partial charge in [-0.3, -0.25) is 9.59 Å². The highest BCUT2D eigenvalue weighted by atomic mass is 28.4. The molecule has 3 fully saturated rings. The van der Waals surface area contributed by atoms with Crippen LogP contribution < -0.4 is 0 Å². The van der Waals surface area contributed by atoms with Crippen LogP contribution in [0.2, 0.25) is 55.9 Å². The van der Waals surface area contributed by atoms with Crippen molar-refractivity contribution in [2.24, 2.45) is 16.7 Å². The van der Waals surface area contributed by atoms with Crippen LogP contribution in [0.5, 0.6) is 0 Å². The lowest BCUT2D eigenvalue weighted by molar-refractivity contribution is -0.363. The highest BCUT2D eigenvalue weighted by molar-refractivity contribution is 6.74. The van der Waals surface area contributed by atoms with Crippen LogP contribution in [-0.4, -0.2) is 102 Å². The van der Waals surface area contributed by atoms with Crippen LogP contribution in [-0.2, 0) is 41.8 Å². The van der Waals surface area contributed by atoms with Crippen LogP contribution in [0.25, 0.3) is 0 Å². The molecule has 5 rings (SSSR count). The van der Waals surface area contributed by atoms with Crippen molar-refractivity contribution in [2.45, 2.75) is 200 Å². The van der Waals surface area contributed by atoms with Gasteiger partial charge in [-0.25, -0.2) is 4.79 Å². The predicted octanol–water partition coefficient (Wildman–Crippen LogP) is 9.36. The molecule has 0 radical (unpaired) electrons. The highest BCUT2D eigenvalue weighted by Crippen LogP contribution is 2.67. The maximum atomic E-state index is 14.8. The van der Waals surface area contributed by atoms with E-state index in [1.54, 1.807) is 24.3 Å². The molecular weight excluding hydrogens is 813 g/mol. The summed E-state index contributed by atoms with van der Waals surface area (Å²) < 4.78 is 49.3. The Labute approximate surface area is 363 Å². The van der Waals surface area contributed by atoms with E-state index in [9.17, 15) is 19.5 Å². The smallest absolute Gasteiger partial charge is 0.338 e. The SMILES string of the molecule is CC[Si](CC)(CC)O[C@@H]1C2=C(C)[C@@H](O[Si](C)(C)C)C[C@@](O)(C(OC(=O)c3ccccc3)C3[C@@](C)([C@@H](O[Si](CC)(CC)CC)C[C@H]4OC[C@@]34OC(C)=O)[C@@H]1OC(C)=O)C2(C)C. The van der Waals surface area contributed by atoms with Crippen LogP contribution in [0.4, 0.5) is 0 Å². The first-order valence-electron chi connectivity index (χ1n) is 22.7. The zero-order valence-electron chi connectivity index (χ0n) is 39.3. The molecule has 0 spiro atoms. The van der Waals surface area contributed by atoms with Crippen LogP contribution in [0.1, 0.15) is 106 Å². The normalized spacial score (nSPS) is 34.0. The second-order valence-electron chi connectivity index (χ2n) is 19.9. The van der Waals surface area contributed by atoms with Crippen LogP contribution >= 0.6 is 0 Å². The van der Waals surface area contributed by atoms with Crippen molar-refractivity contribution in [3.8, 4) is 0 Å². The molecule has 11 nitrogen and oxygen atoms in total. The van der Waals surface area contributed by atoms with Gasteiger partial charge in [-0.2, -0.15) is 0 Å². The lowest BCUT2D eigenvalue weighted by Crippen LogP contribution is -2.83. The maximum Gasteiger partial charge on any atom is 0.338 e. The third-order valence-electron chi connectivity index (χ3n) is 15.5. The second kappa shape index (κ2) is 17.8. The summed E-state index contributed by atoms with van der Waals surface area (Å²) in [7, 11) is -7.35. The summed E-state index contributed by atoms with van der Waals surface area (Å²) in [4.78, 5) is 42.2. The van der Waals surface area contributed by atoms with Crippen molar-refractivity contribution in [1.82, 2.24) is 0 Å². The van der Waals surface area contributed by atoms with Gasteiger partial charge < -0.3 is 37.3 Å². The van der Waals surface area contributed by atoms with Crippen molar-refractivity contribution in [3.05, 3.63) is 47.0 Å². The van der Waals surface area contributed by atoms with Gasteiger partial charge in [0.05, 0.1) is 30.3 Å². The number of esters is 3. The van der Waals surface area contributed by atoms with E-state index in [-0.39, 0.29) is 13.0 Å². The third kappa shape index (κ3) is 8.34. The van der Waals surface area contributed by atoms with Gasteiger partial charge >= 0.3 is 17.9 Å². The standard InChI is InChI=1S/C46H76O11Si3/c1-16-59(17-2,18-3)56-35-27-36-45(29-51-36,54-32(9)48)39-41(53-42(49)33-25-23-22-24-26-33)46(50)28-34(55-58(13,14)15)30(7)37(43(46,10)11)38(57-60(19-4,20-5)21-6)40(44(35,39)12)52-31(8)47/h22-26,34-36,38-41,50H,16-21,27-29H2,1-15H3/t34-,35-,36+,38+,39?,40+,41?,44+,45-,46+/m0/s1. The minimum Gasteiger partial charge on any atom is -0.459 e. The maximum absolute atomic E-state index is 14.8. The van der Waals surface area contributed by atoms with E-state index in [4.69, 9.17) is 32.2 Å². The lowest BCUT2D eigenvalue weighted by atomic mass is 9.44. The molecule has 1 saturated heterocycles. The summed E-state index contributed by atoms with van der Waals surface area (Å²) in [5.74, 6) is -2.67. The summed E-state index contributed by atoms with van der Waals surface area (Å²) in [6.45, 7) is 30.3. The van der Waals surface area contributed by atoms with Gasteiger partial charge in [0, 0.05) is 37.5 Å². The Balaban J connectivity index is 2.02. The minimum atomic E-state index is -2.57. The van der Waals surface area contributed by atoms with Crippen molar-refractivity contribution < 1.29 is 51.7 Å². The van der Waals surface area contributed by atoms with Gasteiger partial charge in [-0.05, 0) is 86.1 Å². The molecule has 338 valence electrons. The molecule has 0 aromatic heterocycles. The number of carbonyl (C=O) groups is 3. The first-order chi connectivity index (χ1) is 27.9. The molecule has 2 saturated carbocycles. The monoisotopic (exact) mass is 888 g/mol. The molecular formula is C46H76O11Si3. The highest BCUT2D eigenvalue weighted by Gasteiger charge is 2.79. The van der Waals surface area contributed by atoms with E-state index in [1.807, 2.05) is 26.8 Å². The Morgan fingerprint density at radius 1 is 0.783 bits per heavy atom. The summed E-state index contributed by atoms with van der Waals surface area (Å²) in [5, 5.41) is 14.3. The van der Waals surface area contributed by atoms with Crippen molar-refractivity contribution in [2.75, 3.05) is 6.61 Å². The number of carbonyl (C=O) groups excluding carboxylic acids is 3. The first-order valence-corrected chi connectivity index (χ1v) is 31.1. The number of benzene rings is 1. The van der Waals surface area contributed by atoms with E-state index in [0.717, 1.165) is 47.4 Å². The summed E-state index contributed by atoms with van der Waals surface area (Å²) in [5.41, 5.74) is -3.68. The molecule has 1 aliphatic heterocycles. The molecule has 2 bridgehead atoms. The summed E-state index contributed by atoms with van der Waals surface area (Å²) in [6, 6.07) is 13.7. The number of rotatable bonds is 16. The minimum absolute atomic E-state index is 0.00946. The largest absolute Gasteiger partial charge is 0.459 e. The van der Waals surface area contributed by atoms with Gasteiger partial charge in [0.2, 0.25) is 0 Å². The zero-order valence-corrected chi connectivity index (χ0v) is 42.3. The Morgan fingerprint density at radius 2 is 1.33 bits per heavy atom. The van der Waals surface area contributed by atoms with E-state index in [0.29, 0.717) is 12.0 Å². The summed E-state index contributed by atoms with van der Waals surface area (Å²) >= 11 is 0. The van der Waals surface area contributed by atoms with Gasteiger partial charge in [-0.15, -0.1) is 0 Å². The van der Waals surface area contributed by atoms with E-state index >= 15 is 0 Å². The van der Waals surface area contributed by atoms with Crippen LogP contribution in [0.15, 0.2) is 41.5 Å². The number of hydrogen-bond donors (Lipinski definition) is 1. The van der Waals surface area contributed by atoms with E-state index in [1.165, 1.54) is 13.8 Å². The van der Waals surface area contributed by atoms with Gasteiger partial charge in [0.1, 0.15) is 30.0 Å². The Hall–Kier alpha value is -2.18. The van der Waals surface area contributed by atoms with Crippen molar-refractivity contribution >= 4 is 42.9 Å². The third-order valence-corrected chi connectivity index (χ3v) is 25.7. The fourth-order valence-electron chi connectivity index (χ4n) is 11.6. The molecule has 1 aromatic carbocycles. The van der Waals surface area contributed by atoms with Gasteiger partial charge in [0.15, 0.2) is 30.6 Å². The van der Waals surface area contributed by atoms with Crippen LogP contribution in [0.3, 0.4) is 0 Å². The fourth-order valence-corrected chi connectivity index (χ4v) is 18.4. The number of fused-ring (bicyclic) bond motifs is 5. The Bertz CT molecular complexity index is 1740. The van der Waals surface area contributed by atoms with Crippen molar-refractivity contribution in [1.29, 1.82) is 0 Å². The van der Waals surface area contributed by atoms with E-state index < -0.39 is 107 Å². The topological polar surface area (TPSA) is 136 Å². The quantitative estimate of drug-likeness (QED) is 0.0736. The van der Waals surface area contributed by atoms with Crippen molar-refractivity contribution in [3.63, 3.8) is 0 Å². The molecule has 0 amide bonds. The Morgan fingerprint density at radius 3 is 1.80 bits per heavy atom. The average molecular weight is 889 g/mol. The number of hydrogen-bond acceptors (Lipinski definition) is 11. The molecule has 1 N–H and O–H groups in total. The molecule has 60 heavy (non-hydrogen) atoms. The number of ether oxygens (including phenoxy) is 4. The van der Waals surface area contributed by atoms with E-state index in [2.05, 4.69) is 68.1 Å². The lowest BCUT2D eigenvalue weighted by Gasteiger charge is -2.70. The molecule has 4 aliphatic rings. The molecule has 1 aromatic rings. The molecule has 14 heteroatoms. The molecule has 1 heterocycles. The number of aliphatic hydroxyl groups is 1. The van der Waals surface area contributed by atoms with Gasteiger partial charge in [0.25, 0.3) is 0 Å². The first kappa shape index (κ1) is 48.8. The molecule has 10 atom stereocenters. The molecule has 3 aliphatic carbocycles. The van der Waals surface area contributed by atoms with Crippen LogP contribution in [0, 0.1) is 16.7 Å². The predicted molar refractivity (Wildman–Crippen MR) is 240 cm³/mol. The Kier molecular flexibility index (Phi) is 14.5. The fraction of sp³-hybridized carbons (Fsp3) is 0.761. The van der Waals surface area contributed by atoms with Gasteiger partial charge in [-0.1, -0.05) is 80.5 Å². The zero-order chi connectivity index (χ0) is 44.9. The second-order valence-corrected chi connectivity index (χ2v) is 33.8. The average Bonchev–Trinajstić information content (AvgIpc) is 3.18. The summed E-state index contributed by atoms with van der Waals surface area (Å²) in [6.07, 6.45) is -4.71. The molecule has 2 unspecified atom stereocenters.